The van der Waals surface area contributed by atoms with Crippen LogP contribution in [0.15, 0.2) is 35.1 Å². The van der Waals surface area contributed by atoms with Gasteiger partial charge in [-0.15, -0.1) is 0 Å². The van der Waals surface area contributed by atoms with Gasteiger partial charge in [0.1, 0.15) is 5.56 Å². The number of rotatable bonds is 2. The average Bonchev–Trinajstić information content (AvgIpc) is 2.53. The number of hydrogen-bond acceptors (Lipinski definition) is 3. The normalized spacial score (nSPS) is 21.3. The van der Waals surface area contributed by atoms with Crippen molar-refractivity contribution in [1.29, 1.82) is 0 Å². The van der Waals surface area contributed by atoms with E-state index in [0.717, 1.165) is 5.39 Å². The summed E-state index contributed by atoms with van der Waals surface area (Å²) in [6.07, 6.45) is 1.17. The maximum Gasteiger partial charge on any atom is 0.308 e. The number of fused-ring (bicyclic) bond motifs is 1. The Morgan fingerprint density at radius 1 is 1.30 bits per heavy atom. The molecular formula is C17H18N2O4. The molecule has 0 bridgehead atoms. The summed E-state index contributed by atoms with van der Waals surface area (Å²) in [6, 6.07) is 8.38. The highest BCUT2D eigenvalue weighted by atomic mass is 16.4. The first-order valence-corrected chi connectivity index (χ1v) is 7.65. The van der Waals surface area contributed by atoms with Crippen LogP contribution >= 0.6 is 0 Å². The van der Waals surface area contributed by atoms with Crippen LogP contribution in [0.25, 0.3) is 10.9 Å². The number of carbonyl (C=O) groups is 2. The Bertz CT molecular complexity index is 827. The molecule has 1 amide bonds. The van der Waals surface area contributed by atoms with Gasteiger partial charge in [0, 0.05) is 18.1 Å². The number of nitrogens with one attached hydrogen (secondary N) is 1. The fourth-order valence-corrected chi connectivity index (χ4v) is 3.22. The van der Waals surface area contributed by atoms with E-state index >= 15 is 0 Å². The summed E-state index contributed by atoms with van der Waals surface area (Å²) >= 11 is 0. The minimum atomic E-state index is -0.901. The van der Waals surface area contributed by atoms with Gasteiger partial charge in [0.15, 0.2) is 0 Å². The van der Waals surface area contributed by atoms with Crippen molar-refractivity contribution in [3.63, 3.8) is 0 Å². The van der Waals surface area contributed by atoms with Gasteiger partial charge in [0.05, 0.1) is 5.92 Å². The van der Waals surface area contributed by atoms with E-state index in [-0.39, 0.29) is 5.56 Å². The monoisotopic (exact) mass is 314 g/mol. The first kappa shape index (κ1) is 15.3. The minimum Gasteiger partial charge on any atom is -0.481 e. The van der Waals surface area contributed by atoms with Crippen LogP contribution in [0.4, 0.5) is 0 Å². The predicted octanol–water partition coefficient (Wildman–Crippen LogP) is 1.85. The molecule has 2 aromatic rings. The van der Waals surface area contributed by atoms with Crippen molar-refractivity contribution in [2.75, 3.05) is 6.54 Å². The smallest absolute Gasteiger partial charge is 0.308 e. The second-order valence-electron chi connectivity index (χ2n) is 5.93. The zero-order valence-electron chi connectivity index (χ0n) is 12.8. The van der Waals surface area contributed by atoms with Crippen molar-refractivity contribution in [2.45, 2.75) is 25.8 Å². The van der Waals surface area contributed by atoms with Gasteiger partial charge in [-0.25, -0.2) is 0 Å². The Hall–Kier alpha value is -2.63. The van der Waals surface area contributed by atoms with Gasteiger partial charge >= 0.3 is 5.97 Å². The van der Waals surface area contributed by atoms with Crippen LogP contribution in [-0.4, -0.2) is 39.5 Å². The quantitative estimate of drug-likeness (QED) is 0.885. The third-order valence-corrected chi connectivity index (χ3v) is 4.55. The van der Waals surface area contributed by atoms with E-state index in [1.807, 2.05) is 18.2 Å². The number of aliphatic carboxylic acids is 1. The van der Waals surface area contributed by atoms with Crippen LogP contribution < -0.4 is 5.56 Å². The largest absolute Gasteiger partial charge is 0.481 e. The van der Waals surface area contributed by atoms with E-state index in [4.69, 9.17) is 0 Å². The lowest BCUT2D eigenvalue weighted by atomic mass is 9.90. The number of piperidine rings is 1. The number of amides is 1. The van der Waals surface area contributed by atoms with E-state index in [1.54, 1.807) is 19.1 Å². The van der Waals surface area contributed by atoms with Gasteiger partial charge in [-0.1, -0.05) is 18.2 Å². The maximum atomic E-state index is 12.8. The standard InChI is InChI=1S/C17H18N2O4/c1-10-12(17(22)23)6-4-8-19(10)16(21)13-9-11-5-2-3-7-14(11)18-15(13)20/h2-3,5,7,9-10,12H,4,6,8H2,1H3,(H,18,20)(H,22,23)/t10-,12-/m1/s1. The number of aromatic nitrogens is 1. The lowest BCUT2D eigenvalue weighted by Crippen LogP contribution is -2.50. The molecule has 1 fully saturated rings. The summed E-state index contributed by atoms with van der Waals surface area (Å²) in [4.78, 5) is 40.5. The van der Waals surface area contributed by atoms with Crippen molar-refractivity contribution in [1.82, 2.24) is 9.88 Å². The average molecular weight is 314 g/mol. The maximum absolute atomic E-state index is 12.8. The van der Waals surface area contributed by atoms with Crippen molar-refractivity contribution in [2.24, 2.45) is 5.92 Å². The van der Waals surface area contributed by atoms with Crippen molar-refractivity contribution in [3.05, 3.63) is 46.2 Å². The Morgan fingerprint density at radius 2 is 2.04 bits per heavy atom. The zero-order valence-corrected chi connectivity index (χ0v) is 12.8. The number of aromatic amines is 1. The molecule has 0 radical (unpaired) electrons. The van der Waals surface area contributed by atoms with Crippen LogP contribution in [0.1, 0.15) is 30.1 Å². The van der Waals surface area contributed by atoms with Gasteiger partial charge in [0.25, 0.3) is 11.5 Å². The van der Waals surface area contributed by atoms with E-state index in [0.29, 0.717) is 24.9 Å². The fraction of sp³-hybridized carbons (Fsp3) is 0.353. The Morgan fingerprint density at radius 3 is 2.78 bits per heavy atom. The van der Waals surface area contributed by atoms with Gasteiger partial charge < -0.3 is 15.0 Å². The molecule has 1 aliphatic rings. The number of para-hydroxylation sites is 1. The number of carboxylic acids is 1. The number of carboxylic acid groups (broad SMARTS) is 1. The Kier molecular flexibility index (Phi) is 3.90. The van der Waals surface area contributed by atoms with Crippen LogP contribution in [-0.2, 0) is 4.79 Å². The molecular weight excluding hydrogens is 296 g/mol. The highest BCUT2D eigenvalue weighted by molar-refractivity contribution is 5.97. The molecule has 6 nitrogen and oxygen atoms in total. The lowest BCUT2D eigenvalue weighted by molar-refractivity contribution is -0.144. The number of benzene rings is 1. The van der Waals surface area contributed by atoms with Gasteiger partial charge in [-0.2, -0.15) is 0 Å². The van der Waals surface area contributed by atoms with E-state index in [2.05, 4.69) is 4.98 Å². The summed E-state index contributed by atoms with van der Waals surface area (Å²) in [5.41, 5.74) is 0.282. The lowest BCUT2D eigenvalue weighted by Gasteiger charge is -2.37. The van der Waals surface area contributed by atoms with Crippen molar-refractivity contribution < 1.29 is 14.7 Å². The summed E-state index contributed by atoms with van der Waals surface area (Å²) in [5, 5.41) is 10.0. The van der Waals surface area contributed by atoms with Crippen LogP contribution in [0.5, 0.6) is 0 Å². The SMILES string of the molecule is C[C@@H]1[C@H](C(=O)O)CCCN1C(=O)c1cc2ccccc2[nH]c1=O. The molecule has 2 atom stereocenters. The topological polar surface area (TPSA) is 90.5 Å². The predicted molar refractivity (Wildman–Crippen MR) is 85.4 cm³/mol. The first-order valence-electron chi connectivity index (χ1n) is 7.65. The van der Waals surface area contributed by atoms with E-state index < -0.39 is 29.4 Å². The number of hydrogen-bond donors (Lipinski definition) is 2. The number of H-pyrrole nitrogens is 1. The molecule has 1 aromatic carbocycles. The molecule has 1 aromatic heterocycles. The number of nitrogens with zero attached hydrogens (tertiary/aromatic N) is 1. The Labute approximate surface area is 132 Å². The van der Waals surface area contributed by atoms with Gasteiger partial charge in [0.2, 0.25) is 0 Å². The highest BCUT2D eigenvalue weighted by Gasteiger charge is 2.36. The first-order chi connectivity index (χ1) is 11.0. The fourth-order valence-electron chi connectivity index (χ4n) is 3.22. The summed E-state index contributed by atoms with van der Waals surface area (Å²) in [5.74, 6) is -1.90. The number of likely N-dealkylation sites (tertiary alicyclic amines) is 1. The highest BCUT2D eigenvalue weighted by Crippen LogP contribution is 2.25. The van der Waals surface area contributed by atoms with E-state index in [1.165, 1.54) is 4.90 Å². The van der Waals surface area contributed by atoms with Crippen LogP contribution in [0, 0.1) is 5.92 Å². The molecule has 2 heterocycles. The molecule has 0 saturated carbocycles. The van der Waals surface area contributed by atoms with Crippen LogP contribution in [0.2, 0.25) is 0 Å². The van der Waals surface area contributed by atoms with Gasteiger partial charge in [-0.05, 0) is 37.3 Å². The zero-order chi connectivity index (χ0) is 16.6. The molecule has 0 spiro atoms. The molecule has 3 rings (SSSR count). The molecule has 0 unspecified atom stereocenters. The molecule has 120 valence electrons. The molecule has 1 saturated heterocycles. The summed E-state index contributed by atoms with van der Waals surface area (Å²) in [6.45, 7) is 2.20. The summed E-state index contributed by atoms with van der Waals surface area (Å²) in [7, 11) is 0. The van der Waals surface area contributed by atoms with E-state index in [9.17, 15) is 19.5 Å². The molecule has 6 heteroatoms. The Balaban J connectivity index is 1.98. The molecule has 1 aliphatic heterocycles. The third-order valence-electron chi connectivity index (χ3n) is 4.55. The number of pyridine rings is 1. The third kappa shape index (κ3) is 2.72. The number of carbonyl (C=O) groups excluding carboxylic acids is 1. The minimum absolute atomic E-state index is 0.0570. The molecule has 0 aliphatic carbocycles. The van der Waals surface area contributed by atoms with Gasteiger partial charge in [-0.3, -0.25) is 14.4 Å². The second kappa shape index (κ2) is 5.87. The molecule has 2 N–H and O–H groups in total. The molecule has 23 heavy (non-hydrogen) atoms. The summed E-state index contributed by atoms with van der Waals surface area (Å²) < 4.78 is 0. The van der Waals surface area contributed by atoms with Crippen LogP contribution in [0.3, 0.4) is 0 Å². The van der Waals surface area contributed by atoms with Crippen molar-refractivity contribution >= 4 is 22.8 Å². The van der Waals surface area contributed by atoms with Crippen molar-refractivity contribution in [3.8, 4) is 0 Å². The second-order valence-corrected chi connectivity index (χ2v) is 5.93.